The third kappa shape index (κ3) is 9.08. The normalized spacial score (nSPS) is 54.4. The van der Waals surface area contributed by atoms with Crippen molar-refractivity contribution in [1.82, 2.24) is 0 Å². The fourth-order valence-electron chi connectivity index (χ4n) is 36.3. The Morgan fingerprint density at radius 2 is 0.869 bits per heavy atom. The average molecular weight is 1450 g/mol. The van der Waals surface area contributed by atoms with Crippen LogP contribution in [0, 0.1) is 176 Å². The van der Waals surface area contributed by atoms with Crippen molar-refractivity contribution in [3.05, 3.63) is 82.7 Å². The first-order valence-electron chi connectivity index (χ1n) is 45.4. The molecular weight excluding hydrogens is 1330 g/mol. The van der Waals surface area contributed by atoms with Crippen LogP contribution in [0.2, 0.25) is 0 Å². The predicted molar refractivity (Wildman–Crippen MR) is 405 cm³/mol. The Morgan fingerprint density at radius 1 is 0.393 bits per heavy atom. The van der Waals surface area contributed by atoms with Crippen molar-refractivity contribution < 1.29 is 52.5 Å². The van der Waals surface area contributed by atoms with Crippen molar-refractivity contribution >= 4 is 35.4 Å². The first-order valence-corrected chi connectivity index (χ1v) is 45.4. The molecule has 11 heteroatoms. The molecule has 34 atom stereocenters. The quantitative estimate of drug-likeness (QED) is 0.185. The van der Waals surface area contributed by atoms with Crippen LogP contribution in [0.25, 0.3) is 0 Å². The Labute approximate surface area is 637 Å². The van der Waals surface area contributed by atoms with Gasteiger partial charge in [0.15, 0.2) is 11.6 Å². The summed E-state index contributed by atoms with van der Waals surface area (Å²) in [5.74, 6) is 22.1. The van der Waals surface area contributed by atoms with E-state index in [4.69, 9.17) is 23.7 Å². The molecule has 19 fully saturated rings. The average Bonchev–Trinajstić information content (AvgIpc) is 1.63. The van der Waals surface area contributed by atoms with E-state index in [1.807, 2.05) is 12.2 Å². The lowest BCUT2D eigenvalue weighted by Crippen LogP contribution is -2.56. The zero-order valence-corrected chi connectivity index (χ0v) is 65.4. The van der Waals surface area contributed by atoms with E-state index in [2.05, 4.69) is 71.6 Å². The fourth-order valence-corrected chi connectivity index (χ4v) is 36.3. The molecule has 15 saturated carbocycles. The Bertz CT molecular complexity index is 4070. The van der Waals surface area contributed by atoms with Gasteiger partial charge in [-0.05, 0) is 353 Å². The molecule has 25 aliphatic rings. The molecular formula is C96H124O11. The minimum Gasteiger partial charge on any atom is -0.498 e. The van der Waals surface area contributed by atoms with Crippen LogP contribution in [0.5, 0.6) is 0 Å². The number of hydrogen-bond acceptors (Lipinski definition) is 11. The zero-order valence-electron chi connectivity index (χ0n) is 65.4. The molecule has 0 aromatic rings. The number of fused-ring (bicyclic) bond motifs is 39. The highest BCUT2D eigenvalue weighted by atomic mass is 16.6. The van der Waals surface area contributed by atoms with Crippen LogP contribution in [-0.4, -0.2) is 64.5 Å². The van der Waals surface area contributed by atoms with Crippen molar-refractivity contribution in [3.8, 4) is 0 Å². The standard InChI is InChI=1S/C25H34O3.C25H32O2.C23H30O3.C23H28O3/c1-3-24-11-9-18-17-8-6-16(27-4-2)13-15(17)5-7-19(18)23(24)20-14-21(20)25(24)12-10-22(26)28-25;1-3-24-8-6-15-14-5-4-13(2)10-16(14)17-11-18(17)22(15)23(24)19-12-20(19)25(24)9-7-21(26)27-25;2*1-2-22-9-7-16-15-6-4-14(24)11-13(15)3-5-17(16)21(22)18-12-19(18)23(22)10-8-20(25)26-23/h5,13,17-21,23H,3-4,6-12,14H2,1-2H3;10,14-15,17-20,22-23H,2-9,11-12H2,1H3;11,15-19,21H,2-10,12H2,1H3;3,5,11,15-19,21H,2,4,6-10,12H2,1H3/t17-,18?,19?,20+,21-,23?,24-,25-;14-,15?,17-,18-,19-,20+,22?,23?,24+,25+;2*15-,16?,17?,18+,19-,21?,22-,23-/m0100/s1. The second-order valence-corrected chi connectivity index (χ2v) is 41.5. The van der Waals surface area contributed by atoms with Crippen molar-refractivity contribution in [1.29, 1.82) is 0 Å². The summed E-state index contributed by atoms with van der Waals surface area (Å²) in [5, 5.41) is 0. The Balaban J connectivity index is 0.0000000888. The van der Waals surface area contributed by atoms with Gasteiger partial charge in [0.2, 0.25) is 0 Å². The van der Waals surface area contributed by atoms with Crippen LogP contribution in [-0.2, 0) is 52.5 Å². The highest BCUT2D eigenvalue weighted by Gasteiger charge is 2.84. The van der Waals surface area contributed by atoms with E-state index in [-0.39, 0.29) is 62.5 Å². The zero-order chi connectivity index (χ0) is 72.6. The summed E-state index contributed by atoms with van der Waals surface area (Å²) in [7, 11) is 0. The van der Waals surface area contributed by atoms with Crippen LogP contribution >= 0.6 is 0 Å². The molecule has 4 heterocycles. The van der Waals surface area contributed by atoms with Crippen molar-refractivity contribution in [2.45, 2.75) is 288 Å². The van der Waals surface area contributed by atoms with Gasteiger partial charge in [0, 0.05) is 90.3 Å². The van der Waals surface area contributed by atoms with E-state index >= 15 is 0 Å². The molecule has 574 valence electrons. The minimum absolute atomic E-state index is 0.0430. The Morgan fingerprint density at radius 3 is 1.43 bits per heavy atom. The van der Waals surface area contributed by atoms with E-state index in [0.29, 0.717) is 95.9 Å². The second kappa shape index (κ2) is 23.9. The number of ketones is 2. The summed E-state index contributed by atoms with van der Waals surface area (Å²) >= 11 is 0. The maximum absolute atomic E-state index is 12.2. The first-order chi connectivity index (χ1) is 51.9. The number of rotatable bonds is 6. The van der Waals surface area contributed by atoms with Gasteiger partial charge in [-0.25, -0.2) is 0 Å². The molecule has 0 aromatic carbocycles. The topological polar surface area (TPSA) is 149 Å². The molecule has 0 bridgehead atoms. The maximum Gasteiger partial charge on any atom is 0.306 e. The van der Waals surface area contributed by atoms with E-state index in [1.165, 1.54) is 157 Å². The first kappa shape index (κ1) is 69.0. The van der Waals surface area contributed by atoms with Gasteiger partial charge >= 0.3 is 23.9 Å². The monoisotopic (exact) mass is 1450 g/mol. The largest absolute Gasteiger partial charge is 0.498 e. The van der Waals surface area contributed by atoms with E-state index in [9.17, 15) is 28.8 Å². The molecule has 0 aromatic heterocycles. The molecule has 25 rings (SSSR count). The van der Waals surface area contributed by atoms with Gasteiger partial charge in [0.25, 0.3) is 0 Å². The molecule has 12 unspecified atom stereocenters. The van der Waals surface area contributed by atoms with Gasteiger partial charge in [-0.15, -0.1) is 0 Å². The molecule has 107 heavy (non-hydrogen) atoms. The van der Waals surface area contributed by atoms with Gasteiger partial charge in [0.05, 0.1) is 12.4 Å². The lowest BCUT2D eigenvalue weighted by Gasteiger charge is -2.58. The summed E-state index contributed by atoms with van der Waals surface area (Å²) in [6.45, 7) is 16.6. The van der Waals surface area contributed by atoms with Gasteiger partial charge in [-0.2, -0.15) is 0 Å². The van der Waals surface area contributed by atoms with Crippen molar-refractivity contribution in [3.63, 3.8) is 0 Å². The van der Waals surface area contributed by atoms with Gasteiger partial charge < -0.3 is 23.7 Å². The summed E-state index contributed by atoms with van der Waals surface area (Å²) in [6.07, 6.45) is 56.5. The van der Waals surface area contributed by atoms with Crippen LogP contribution in [0.15, 0.2) is 82.7 Å². The maximum atomic E-state index is 12.2. The highest BCUT2D eigenvalue weighted by molar-refractivity contribution is 5.92. The SMILES string of the molecule is C=C1C=C2[C@H]3C[C@H]3C3C(CC[C@@]4(CC)C3[C@@H]3C[C@@H]3[C@@]43CCC(=O)O3)[C@H]2CC1.CCOC1=CC2=CCC3C(CC[C@@]4(CC)C3[C@@H]3C[C@@H]3[C@@]43CCC(=O)O3)[C@H]2CC1.CC[C@]12CCC3C(C=CC4=CC(=O)CC[C@@H]43)C1[C@@H]1C[C@@H]1[C@@]21CCC(=O)O1.CC[C@]12CCC3C(CCC4=CC(=O)CC[C@@H]43)C1[C@@H]1C[C@@H]1[C@@]21CCC(=O)O1. The second-order valence-electron chi connectivity index (χ2n) is 41.5. The number of esters is 4. The Kier molecular flexibility index (Phi) is 15.4. The smallest absolute Gasteiger partial charge is 0.306 e. The molecule has 4 spiro atoms. The molecule has 4 aliphatic heterocycles. The molecule has 0 amide bonds. The molecule has 21 aliphatic carbocycles. The molecule has 0 radical (unpaired) electrons. The molecule has 4 saturated heterocycles. The molecule has 11 nitrogen and oxygen atoms in total. The number of hydrogen-bond donors (Lipinski definition) is 0. The highest BCUT2D eigenvalue weighted by Crippen LogP contribution is 2.85. The number of ether oxygens (including phenoxy) is 5. The summed E-state index contributed by atoms with van der Waals surface area (Å²) in [4.78, 5) is 72.5. The Hall–Kier alpha value is -4.80. The van der Waals surface area contributed by atoms with Crippen LogP contribution < -0.4 is 0 Å². The third-order valence-electron chi connectivity index (χ3n) is 39.6. The van der Waals surface area contributed by atoms with E-state index in [0.717, 1.165) is 178 Å². The fraction of sp³-hybridized carbons (Fsp3) is 0.792. The van der Waals surface area contributed by atoms with Gasteiger partial charge in [-0.3, -0.25) is 28.8 Å². The summed E-state index contributed by atoms with van der Waals surface area (Å²) in [6, 6.07) is 0. The van der Waals surface area contributed by atoms with Gasteiger partial charge in [-0.1, -0.05) is 75.3 Å². The number of carbonyl (C=O) groups excluding carboxylic acids is 6. The van der Waals surface area contributed by atoms with Crippen LogP contribution in [0.1, 0.15) is 266 Å². The summed E-state index contributed by atoms with van der Waals surface area (Å²) in [5.41, 5.74) is 8.09. The van der Waals surface area contributed by atoms with Crippen molar-refractivity contribution in [2.24, 2.45) is 176 Å². The lowest BCUT2D eigenvalue weighted by molar-refractivity contribution is -0.180. The van der Waals surface area contributed by atoms with Crippen LogP contribution in [0.3, 0.4) is 0 Å². The minimum atomic E-state index is -0.147. The number of allylic oxidation sites excluding steroid dienone is 12. The van der Waals surface area contributed by atoms with Crippen molar-refractivity contribution in [2.75, 3.05) is 6.61 Å². The van der Waals surface area contributed by atoms with E-state index in [1.54, 1.807) is 11.1 Å². The lowest BCUT2D eigenvalue weighted by atomic mass is 9.47. The number of carbonyl (C=O) groups is 6. The van der Waals surface area contributed by atoms with Gasteiger partial charge in [0.1, 0.15) is 22.4 Å². The third-order valence-corrected chi connectivity index (χ3v) is 39.6. The molecule has 0 N–H and O–H groups in total. The van der Waals surface area contributed by atoms with Crippen LogP contribution in [0.4, 0.5) is 0 Å². The predicted octanol–water partition coefficient (Wildman–Crippen LogP) is 19.4. The summed E-state index contributed by atoms with van der Waals surface area (Å²) < 4.78 is 30.9. The van der Waals surface area contributed by atoms with E-state index < -0.39 is 0 Å².